The van der Waals surface area contributed by atoms with E-state index >= 15 is 0 Å². The van der Waals surface area contributed by atoms with Gasteiger partial charge in [-0.2, -0.15) is 9.29 Å². The van der Waals surface area contributed by atoms with Gasteiger partial charge in [-0.3, -0.25) is 9.59 Å². The van der Waals surface area contributed by atoms with Crippen molar-refractivity contribution in [1.29, 1.82) is 0 Å². The van der Waals surface area contributed by atoms with Gasteiger partial charge < -0.3 is 15.2 Å². The fourth-order valence-corrected chi connectivity index (χ4v) is 4.30. The Bertz CT molecular complexity index is 1250. The predicted octanol–water partition coefficient (Wildman–Crippen LogP) is 2.01. The standard InChI is InChI=1S/C23H27N5O5S/c1-15(2)28(4)34(31,32)20-11-7-18(8-12-20)14-25-23(30)22(29)24-13-17-5-9-19(10-6-17)21-26-16(3)33-27-21/h5-12,15H,13-14H2,1-4H3,(H,24,29)(H,25,30). The molecule has 180 valence electrons. The van der Waals surface area contributed by atoms with Crippen LogP contribution in [0.1, 0.15) is 30.9 Å². The van der Waals surface area contributed by atoms with Crippen LogP contribution >= 0.6 is 0 Å². The van der Waals surface area contributed by atoms with Crippen LogP contribution in [-0.4, -0.2) is 47.8 Å². The second-order valence-corrected chi connectivity index (χ2v) is 9.96. The molecule has 0 aliphatic heterocycles. The first-order valence-electron chi connectivity index (χ1n) is 10.6. The number of aryl methyl sites for hydroxylation is 1. The van der Waals surface area contributed by atoms with Crippen LogP contribution in [0.5, 0.6) is 0 Å². The van der Waals surface area contributed by atoms with Gasteiger partial charge >= 0.3 is 11.8 Å². The van der Waals surface area contributed by atoms with Gasteiger partial charge in [0.1, 0.15) is 0 Å². The Kier molecular flexibility index (Phi) is 7.79. The first kappa shape index (κ1) is 25.1. The SMILES string of the molecule is Cc1nc(-c2ccc(CNC(=O)C(=O)NCc3ccc(S(=O)(=O)N(C)C(C)C)cc3)cc2)no1. The largest absolute Gasteiger partial charge is 0.344 e. The van der Waals surface area contributed by atoms with Crippen molar-refractivity contribution < 1.29 is 22.5 Å². The summed E-state index contributed by atoms with van der Waals surface area (Å²) in [5, 5.41) is 8.94. The van der Waals surface area contributed by atoms with Crippen molar-refractivity contribution in [2.75, 3.05) is 7.05 Å². The molecule has 0 bridgehead atoms. The van der Waals surface area contributed by atoms with Crippen molar-refractivity contribution in [1.82, 2.24) is 25.1 Å². The smallest absolute Gasteiger partial charge is 0.309 e. The van der Waals surface area contributed by atoms with Crippen LogP contribution in [0.4, 0.5) is 0 Å². The third-order valence-electron chi connectivity index (χ3n) is 5.18. The second kappa shape index (κ2) is 10.6. The maximum Gasteiger partial charge on any atom is 0.309 e. The summed E-state index contributed by atoms with van der Waals surface area (Å²) < 4.78 is 31.3. The summed E-state index contributed by atoms with van der Waals surface area (Å²) >= 11 is 0. The third kappa shape index (κ3) is 6.06. The van der Waals surface area contributed by atoms with Gasteiger partial charge in [0.05, 0.1) is 4.90 Å². The van der Waals surface area contributed by atoms with E-state index in [-0.39, 0.29) is 24.0 Å². The van der Waals surface area contributed by atoms with Crippen LogP contribution in [0.2, 0.25) is 0 Å². The molecule has 0 aliphatic carbocycles. The Morgan fingerprint density at radius 3 is 1.88 bits per heavy atom. The molecule has 1 aromatic heterocycles. The van der Waals surface area contributed by atoms with E-state index < -0.39 is 21.8 Å². The van der Waals surface area contributed by atoms with Crippen LogP contribution in [0.3, 0.4) is 0 Å². The average Bonchev–Trinajstić information content (AvgIpc) is 3.27. The maximum atomic E-state index is 12.5. The molecule has 0 aliphatic rings. The molecule has 2 aromatic carbocycles. The van der Waals surface area contributed by atoms with Gasteiger partial charge in [-0.25, -0.2) is 8.42 Å². The summed E-state index contributed by atoms with van der Waals surface area (Å²) in [7, 11) is -2.06. The van der Waals surface area contributed by atoms with Gasteiger partial charge in [-0.15, -0.1) is 0 Å². The molecule has 34 heavy (non-hydrogen) atoms. The molecule has 0 saturated carbocycles. The molecular weight excluding hydrogens is 458 g/mol. The molecule has 0 unspecified atom stereocenters. The molecule has 2 N–H and O–H groups in total. The molecule has 0 atom stereocenters. The molecule has 11 heteroatoms. The number of hydrogen-bond acceptors (Lipinski definition) is 7. The van der Waals surface area contributed by atoms with Gasteiger partial charge in [0.2, 0.25) is 21.7 Å². The van der Waals surface area contributed by atoms with Crippen molar-refractivity contribution in [3.63, 3.8) is 0 Å². The zero-order valence-corrected chi connectivity index (χ0v) is 20.2. The Morgan fingerprint density at radius 2 is 1.44 bits per heavy atom. The molecule has 1 heterocycles. The fourth-order valence-electron chi connectivity index (χ4n) is 2.94. The summed E-state index contributed by atoms with van der Waals surface area (Å²) in [5.74, 6) is -0.604. The number of nitrogens with one attached hydrogen (secondary N) is 2. The zero-order valence-electron chi connectivity index (χ0n) is 19.4. The lowest BCUT2D eigenvalue weighted by atomic mass is 10.1. The summed E-state index contributed by atoms with van der Waals surface area (Å²) in [6.07, 6.45) is 0. The van der Waals surface area contributed by atoms with Crippen LogP contribution in [-0.2, 0) is 32.7 Å². The lowest BCUT2D eigenvalue weighted by molar-refractivity contribution is -0.139. The number of amides is 2. The first-order chi connectivity index (χ1) is 16.1. The average molecular weight is 486 g/mol. The summed E-state index contributed by atoms with van der Waals surface area (Å²) in [4.78, 5) is 28.5. The molecule has 0 saturated heterocycles. The van der Waals surface area contributed by atoms with Crippen molar-refractivity contribution in [3.05, 3.63) is 65.5 Å². The van der Waals surface area contributed by atoms with E-state index in [1.807, 2.05) is 0 Å². The number of carbonyl (C=O) groups excluding carboxylic acids is 2. The number of hydrogen-bond donors (Lipinski definition) is 2. The first-order valence-corrected chi connectivity index (χ1v) is 12.0. The maximum absolute atomic E-state index is 12.5. The van der Waals surface area contributed by atoms with Gasteiger partial charge in [-0.1, -0.05) is 41.6 Å². The van der Waals surface area contributed by atoms with Gasteiger partial charge in [0, 0.05) is 38.7 Å². The van der Waals surface area contributed by atoms with E-state index in [1.165, 1.54) is 23.5 Å². The van der Waals surface area contributed by atoms with Crippen molar-refractivity contribution in [2.45, 2.75) is 44.8 Å². The minimum absolute atomic E-state index is 0.0887. The Labute approximate surface area is 198 Å². The zero-order chi connectivity index (χ0) is 24.9. The van der Waals surface area contributed by atoms with Gasteiger partial charge in [0.25, 0.3) is 0 Å². The van der Waals surface area contributed by atoms with Crippen molar-refractivity contribution >= 4 is 21.8 Å². The second-order valence-electron chi connectivity index (χ2n) is 7.96. The fraction of sp³-hybridized carbons (Fsp3) is 0.304. The topological polar surface area (TPSA) is 134 Å². The molecule has 3 rings (SSSR count). The molecule has 0 spiro atoms. The Morgan fingerprint density at radius 1 is 0.941 bits per heavy atom. The lowest BCUT2D eigenvalue weighted by Crippen LogP contribution is -2.39. The highest BCUT2D eigenvalue weighted by atomic mass is 32.2. The predicted molar refractivity (Wildman–Crippen MR) is 125 cm³/mol. The molecule has 2 amide bonds. The highest BCUT2D eigenvalue weighted by Crippen LogP contribution is 2.18. The van der Waals surface area contributed by atoms with Crippen LogP contribution in [0, 0.1) is 6.92 Å². The quantitative estimate of drug-likeness (QED) is 0.466. The van der Waals surface area contributed by atoms with Crippen LogP contribution < -0.4 is 10.6 Å². The van der Waals surface area contributed by atoms with E-state index in [1.54, 1.807) is 57.2 Å². The van der Waals surface area contributed by atoms with Crippen LogP contribution in [0.15, 0.2) is 57.9 Å². The lowest BCUT2D eigenvalue weighted by Gasteiger charge is -2.21. The minimum Gasteiger partial charge on any atom is -0.344 e. The monoisotopic (exact) mass is 485 g/mol. The highest BCUT2D eigenvalue weighted by molar-refractivity contribution is 7.89. The van der Waals surface area contributed by atoms with E-state index in [4.69, 9.17) is 4.52 Å². The number of nitrogens with zero attached hydrogens (tertiary/aromatic N) is 3. The molecule has 0 fully saturated rings. The number of benzene rings is 2. The number of carbonyl (C=O) groups is 2. The third-order valence-corrected chi connectivity index (χ3v) is 7.23. The number of aromatic nitrogens is 2. The van der Waals surface area contributed by atoms with E-state index in [0.717, 1.165) is 11.1 Å². The van der Waals surface area contributed by atoms with E-state index in [9.17, 15) is 18.0 Å². The molecule has 0 radical (unpaired) electrons. The summed E-state index contributed by atoms with van der Waals surface area (Å²) in [5.41, 5.74) is 2.24. The number of sulfonamides is 1. The van der Waals surface area contributed by atoms with E-state index in [0.29, 0.717) is 17.3 Å². The highest BCUT2D eigenvalue weighted by Gasteiger charge is 2.22. The molecular formula is C23H27N5O5S. The normalized spacial score (nSPS) is 11.6. The minimum atomic E-state index is -3.58. The van der Waals surface area contributed by atoms with Gasteiger partial charge in [-0.05, 0) is 37.1 Å². The Balaban J connectivity index is 1.49. The molecule has 10 nitrogen and oxygen atoms in total. The Hall–Kier alpha value is -3.57. The summed E-state index contributed by atoms with van der Waals surface area (Å²) in [6.45, 7) is 5.55. The molecule has 3 aromatic rings. The van der Waals surface area contributed by atoms with Crippen molar-refractivity contribution in [2.24, 2.45) is 0 Å². The van der Waals surface area contributed by atoms with E-state index in [2.05, 4.69) is 20.8 Å². The summed E-state index contributed by atoms with van der Waals surface area (Å²) in [6, 6.07) is 13.2. The van der Waals surface area contributed by atoms with Crippen LogP contribution in [0.25, 0.3) is 11.4 Å². The van der Waals surface area contributed by atoms with Gasteiger partial charge in [0.15, 0.2) is 0 Å². The van der Waals surface area contributed by atoms with Crippen molar-refractivity contribution in [3.8, 4) is 11.4 Å². The number of rotatable bonds is 8.